The molecule has 0 unspecified atom stereocenters. The summed E-state index contributed by atoms with van der Waals surface area (Å²) in [5, 5.41) is 24.2. The van der Waals surface area contributed by atoms with Crippen molar-refractivity contribution in [3.8, 4) is 0 Å². The van der Waals surface area contributed by atoms with Gasteiger partial charge in [-0.25, -0.2) is 0 Å². The van der Waals surface area contributed by atoms with E-state index in [1.807, 2.05) is 0 Å². The molecule has 1 amide bonds. The first-order chi connectivity index (χ1) is 9.17. The zero-order valence-corrected chi connectivity index (χ0v) is 10.1. The number of carbonyl (C=O) groups excluding carboxylic acids is 1. The van der Waals surface area contributed by atoms with Crippen molar-refractivity contribution in [1.82, 2.24) is 15.3 Å². The Morgan fingerprint density at radius 1 is 1.37 bits per heavy atom. The van der Waals surface area contributed by atoms with Gasteiger partial charge >= 0.3 is 0 Å². The van der Waals surface area contributed by atoms with Gasteiger partial charge < -0.3 is 15.5 Å². The zero-order chi connectivity index (χ0) is 13.8. The fraction of sp³-hybridized carbons (Fsp3) is 0.333. The van der Waals surface area contributed by atoms with Crippen LogP contribution in [0.2, 0.25) is 0 Å². The lowest BCUT2D eigenvalue weighted by Crippen LogP contribution is -2.32. The van der Waals surface area contributed by atoms with Crippen LogP contribution in [-0.4, -0.2) is 45.9 Å². The molecular formula is C12H14FN3O3. The van der Waals surface area contributed by atoms with Crippen LogP contribution in [0.1, 0.15) is 10.5 Å². The minimum absolute atomic E-state index is 0.0206. The molecule has 0 aliphatic carbocycles. The second-order valence-corrected chi connectivity index (χ2v) is 4.17. The van der Waals surface area contributed by atoms with Crippen molar-refractivity contribution in [2.24, 2.45) is 5.92 Å². The zero-order valence-electron chi connectivity index (χ0n) is 10.1. The molecule has 1 heterocycles. The average molecular weight is 267 g/mol. The van der Waals surface area contributed by atoms with E-state index >= 15 is 0 Å². The Morgan fingerprint density at radius 2 is 2.05 bits per heavy atom. The fourth-order valence-electron chi connectivity index (χ4n) is 1.71. The number of para-hydroxylation sites is 1. The molecule has 2 aromatic rings. The molecule has 1 aromatic carbocycles. The molecule has 0 atom stereocenters. The second kappa shape index (κ2) is 5.77. The van der Waals surface area contributed by atoms with E-state index in [0.29, 0.717) is 5.39 Å². The molecule has 0 spiro atoms. The van der Waals surface area contributed by atoms with Gasteiger partial charge in [0, 0.05) is 31.1 Å². The van der Waals surface area contributed by atoms with Crippen LogP contribution >= 0.6 is 0 Å². The molecule has 7 heteroatoms. The van der Waals surface area contributed by atoms with Gasteiger partial charge in [-0.3, -0.25) is 4.79 Å². The summed E-state index contributed by atoms with van der Waals surface area (Å²) in [5.41, 5.74) is 0.196. The van der Waals surface area contributed by atoms with Gasteiger partial charge in [-0.2, -0.15) is 0 Å². The number of nitrogens with zero attached hydrogens (tertiary/aromatic N) is 2. The highest BCUT2D eigenvalue weighted by molar-refractivity contribution is 6.04. The van der Waals surface area contributed by atoms with E-state index in [9.17, 15) is 9.28 Å². The summed E-state index contributed by atoms with van der Waals surface area (Å²) in [6.07, 6.45) is 0. The maximum Gasteiger partial charge on any atom is 0.272 e. The highest BCUT2D eigenvalue weighted by atomic mass is 19.2. The van der Waals surface area contributed by atoms with E-state index in [1.54, 1.807) is 18.2 Å². The predicted molar refractivity (Wildman–Crippen MR) is 66.2 cm³/mol. The number of hydrogen-bond acceptors (Lipinski definition) is 4. The van der Waals surface area contributed by atoms with Gasteiger partial charge in [0.2, 0.25) is 0 Å². The molecule has 0 aliphatic rings. The lowest BCUT2D eigenvalue weighted by Gasteiger charge is -2.10. The molecule has 3 N–H and O–H groups in total. The smallest absolute Gasteiger partial charge is 0.272 e. The lowest BCUT2D eigenvalue weighted by atomic mass is 10.1. The van der Waals surface area contributed by atoms with Crippen molar-refractivity contribution < 1.29 is 19.5 Å². The topological polar surface area (TPSA) is 87.4 Å². The summed E-state index contributed by atoms with van der Waals surface area (Å²) in [4.78, 5) is 12.0. The van der Waals surface area contributed by atoms with E-state index in [4.69, 9.17) is 10.2 Å². The summed E-state index contributed by atoms with van der Waals surface area (Å²) in [6.45, 7) is -0.385. The van der Waals surface area contributed by atoms with Crippen LogP contribution in [0.4, 0.5) is 4.48 Å². The van der Waals surface area contributed by atoms with Crippen molar-refractivity contribution in [3.63, 3.8) is 0 Å². The average Bonchev–Trinajstić information content (AvgIpc) is 2.78. The van der Waals surface area contributed by atoms with Crippen LogP contribution in [-0.2, 0) is 0 Å². The monoisotopic (exact) mass is 267 g/mol. The normalized spacial score (nSPS) is 11.2. The second-order valence-electron chi connectivity index (χ2n) is 4.17. The number of aliphatic hydroxyl groups excluding tert-OH is 2. The number of aliphatic hydroxyl groups is 2. The third-order valence-electron chi connectivity index (χ3n) is 2.83. The molecule has 1 aromatic heterocycles. The Balaban J connectivity index is 2.18. The summed E-state index contributed by atoms with van der Waals surface area (Å²) in [6, 6.07) is 6.45. The number of benzene rings is 1. The van der Waals surface area contributed by atoms with E-state index in [-0.39, 0.29) is 35.9 Å². The van der Waals surface area contributed by atoms with E-state index in [1.165, 1.54) is 6.07 Å². The van der Waals surface area contributed by atoms with Crippen molar-refractivity contribution in [1.29, 1.82) is 0 Å². The fourth-order valence-corrected chi connectivity index (χ4v) is 1.71. The molecule has 0 saturated heterocycles. The van der Waals surface area contributed by atoms with Crippen molar-refractivity contribution in [2.75, 3.05) is 19.8 Å². The molecule has 6 nitrogen and oxygen atoms in total. The van der Waals surface area contributed by atoms with Gasteiger partial charge in [0.1, 0.15) is 5.52 Å². The maximum absolute atomic E-state index is 13.4. The van der Waals surface area contributed by atoms with Crippen LogP contribution in [0, 0.1) is 5.92 Å². The molecule has 102 valence electrons. The third kappa shape index (κ3) is 2.72. The molecular weight excluding hydrogens is 253 g/mol. The van der Waals surface area contributed by atoms with Crippen molar-refractivity contribution in [2.45, 2.75) is 0 Å². The van der Waals surface area contributed by atoms with Crippen LogP contribution in [0.15, 0.2) is 24.3 Å². The highest BCUT2D eigenvalue weighted by Gasteiger charge is 2.17. The summed E-state index contributed by atoms with van der Waals surface area (Å²) in [5.74, 6) is -0.984. The predicted octanol–water partition coefficient (Wildman–Crippen LogP) is 0.0995. The van der Waals surface area contributed by atoms with Gasteiger partial charge in [-0.15, -0.1) is 5.10 Å². The number of carbonyl (C=O) groups is 1. The molecule has 19 heavy (non-hydrogen) atoms. The summed E-state index contributed by atoms with van der Waals surface area (Å²) in [7, 11) is 0. The quantitative estimate of drug-likeness (QED) is 0.717. The molecule has 0 fully saturated rings. The van der Waals surface area contributed by atoms with E-state index < -0.39 is 11.8 Å². The Kier molecular flexibility index (Phi) is 4.08. The number of rotatable bonds is 5. The number of fused-ring (bicyclic) bond motifs is 1. The highest BCUT2D eigenvalue weighted by Crippen LogP contribution is 2.18. The Morgan fingerprint density at radius 3 is 2.74 bits per heavy atom. The van der Waals surface area contributed by atoms with Crippen LogP contribution in [0.3, 0.4) is 0 Å². The van der Waals surface area contributed by atoms with Crippen LogP contribution in [0.25, 0.3) is 10.9 Å². The molecule has 0 bridgehead atoms. The first-order valence-corrected chi connectivity index (χ1v) is 5.81. The summed E-state index contributed by atoms with van der Waals surface area (Å²) < 4.78 is 13.4. The lowest BCUT2D eigenvalue weighted by molar-refractivity contribution is 0.0915. The minimum atomic E-state index is -0.542. The van der Waals surface area contributed by atoms with E-state index in [2.05, 4.69) is 10.4 Å². The molecule has 2 rings (SSSR count). The van der Waals surface area contributed by atoms with Gasteiger partial charge in [0.25, 0.3) is 5.91 Å². The van der Waals surface area contributed by atoms with E-state index in [0.717, 1.165) is 0 Å². The number of amides is 1. The van der Waals surface area contributed by atoms with Crippen LogP contribution < -0.4 is 5.32 Å². The summed E-state index contributed by atoms with van der Waals surface area (Å²) >= 11 is 0. The number of halogens is 1. The first kappa shape index (κ1) is 13.4. The standard InChI is InChI=1S/C12H14FN3O3/c13-16-10-4-2-1-3-9(10)11(15-16)12(19)14-5-8(6-17)7-18/h1-4,8,17-18H,5-7H2,(H,14,19). The van der Waals surface area contributed by atoms with Gasteiger partial charge in [-0.1, -0.05) is 27.6 Å². The SMILES string of the molecule is O=C(NCC(CO)CO)c1nn(F)c2ccccc12. The van der Waals surface area contributed by atoms with Gasteiger partial charge in [-0.05, 0) is 6.07 Å². The number of nitrogens with one attached hydrogen (secondary N) is 1. The van der Waals surface area contributed by atoms with Crippen LogP contribution in [0.5, 0.6) is 0 Å². The minimum Gasteiger partial charge on any atom is -0.396 e. The van der Waals surface area contributed by atoms with Gasteiger partial charge in [0.05, 0.1) is 0 Å². The molecule has 0 radical (unpaired) electrons. The van der Waals surface area contributed by atoms with Gasteiger partial charge in [0.15, 0.2) is 5.69 Å². The first-order valence-electron chi connectivity index (χ1n) is 5.81. The third-order valence-corrected chi connectivity index (χ3v) is 2.83. The number of hydrogen-bond donors (Lipinski definition) is 3. The van der Waals surface area contributed by atoms with Crippen molar-refractivity contribution in [3.05, 3.63) is 30.0 Å². The maximum atomic E-state index is 13.4. The molecule has 0 aliphatic heterocycles. The Bertz CT molecular complexity index is 581. The molecule has 0 saturated carbocycles. The Labute approximate surface area is 108 Å². The number of aromatic nitrogens is 2. The largest absolute Gasteiger partial charge is 0.396 e. The Hall–Kier alpha value is -1.99. The van der Waals surface area contributed by atoms with Crippen molar-refractivity contribution >= 4 is 16.8 Å².